The molecule has 0 amide bonds. The number of nitrogens with zero attached hydrogens (tertiary/aromatic N) is 1. The molecule has 26 heavy (non-hydrogen) atoms. The van der Waals surface area contributed by atoms with Crippen molar-refractivity contribution in [1.29, 1.82) is 0 Å². The summed E-state index contributed by atoms with van der Waals surface area (Å²) in [5, 5.41) is 0. The summed E-state index contributed by atoms with van der Waals surface area (Å²) < 4.78 is 1.10. The summed E-state index contributed by atoms with van der Waals surface area (Å²) in [5.74, 6) is 0. The molecule has 0 radical (unpaired) electrons. The van der Waals surface area contributed by atoms with Crippen LogP contribution in [-0.2, 0) is 0 Å². The van der Waals surface area contributed by atoms with Gasteiger partial charge in [0.25, 0.3) is 0 Å². The molecule has 0 heterocycles. The van der Waals surface area contributed by atoms with Crippen molar-refractivity contribution in [2.24, 2.45) is 0 Å². The van der Waals surface area contributed by atoms with Crippen molar-refractivity contribution < 1.29 is 4.48 Å². The molecule has 0 saturated carbocycles. The third kappa shape index (κ3) is 23.9. The van der Waals surface area contributed by atoms with Crippen LogP contribution >= 0.6 is 12.4 Å². The zero-order valence-electron chi connectivity index (χ0n) is 18.6. The van der Waals surface area contributed by atoms with Crippen LogP contribution < -0.4 is 6.15 Å². The molecular weight excluding hydrogens is 340 g/mol. The molecule has 0 saturated heterocycles. The van der Waals surface area contributed by atoms with Crippen molar-refractivity contribution >= 4 is 12.4 Å². The van der Waals surface area contributed by atoms with Crippen LogP contribution in [0, 0.1) is 0 Å². The molecule has 0 aliphatic carbocycles. The van der Waals surface area contributed by atoms with E-state index in [9.17, 15) is 0 Å². The van der Waals surface area contributed by atoms with Gasteiger partial charge in [0.15, 0.2) is 0 Å². The fraction of sp³-hybridized carbons (Fsp3) is 0.913. The molecule has 0 atom stereocenters. The molecule has 0 spiro atoms. The summed E-state index contributed by atoms with van der Waals surface area (Å²) in [6.07, 6.45) is 25.2. The average molecular weight is 392 g/mol. The van der Waals surface area contributed by atoms with E-state index in [1.54, 1.807) is 0 Å². The average Bonchev–Trinajstić information content (AvgIpc) is 2.54. The highest BCUT2D eigenvalue weighted by Crippen LogP contribution is 2.14. The minimum absolute atomic E-state index is 0. The Bertz CT molecular complexity index is 267. The van der Waals surface area contributed by atoms with Gasteiger partial charge in [-0.05, 0) is 18.9 Å². The molecule has 3 heteroatoms. The lowest BCUT2D eigenvalue weighted by Crippen LogP contribution is -2.40. The summed E-state index contributed by atoms with van der Waals surface area (Å²) in [6.45, 7) is 8.54. The number of halogens is 1. The molecule has 0 bridgehead atoms. The van der Waals surface area contributed by atoms with Gasteiger partial charge in [-0.1, -0.05) is 103 Å². The van der Waals surface area contributed by atoms with Gasteiger partial charge >= 0.3 is 0 Å². The number of unbranched alkanes of at least 4 members (excludes halogenated alkanes) is 15. The Morgan fingerprint density at radius 1 is 0.615 bits per heavy atom. The predicted octanol–water partition coefficient (Wildman–Crippen LogP) is 8.09. The molecule has 3 N–H and O–H groups in total. The quantitative estimate of drug-likeness (QED) is 0.135. The third-order valence-electron chi connectivity index (χ3n) is 5.24. The second kappa shape index (κ2) is 23.0. The van der Waals surface area contributed by atoms with Gasteiger partial charge in [-0.15, -0.1) is 12.4 Å². The van der Waals surface area contributed by atoms with Gasteiger partial charge in [0.1, 0.15) is 0 Å². The standard InChI is InChI=1S/C23H48N.ClH.H3N/c1-5-7-8-9-10-11-12-13-14-15-16-17-18-19-20-21-23-24(3,4)22-6-2;;/h6H,2,5,7-23H2,1,3-4H3;1H;1H3/q+1;;. The maximum atomic E-state index is 3.85. The van der Waals surface area contributed by atoms with Gasteiger partial charge in [0.2, 0.25) is 0 Å². The fourth-order valence-corrected chi connectivity index (χ4v) is 3.53. The zero-order valence-corrected chi connectivity index (χ0v) is 19.4. The molecule has 0 fully saturated rings. The monoisotopic (exact) mass is 391 g/mol. The summed E-state index contributed by atoms with van der Waals surface area (Å²) >= 11 is 0. The van der Waals surface area contributed by atoms with E-state index in [4.69, 9.17) is 0 Å². The molecule has 0 aliphatic heterocycles. The highest BCUT2D eigenvalue weighted by atomic mass is 35.5. The largest absolute Gasteiger partial charge is 0.344 e. The van der Waals surface area contributed by atoms with Crippen molar-refractivity contribution in [2.45, 2.75) is 110 Å². The molecule has 0 aromatic rings. The zero-order chi connectivity index (χ0) is 17.9. The summed E-state index contributed by atoms with van der Waals surface area (Å²) in [6, 6.07) is 0. The first kappa shape index (κ1) is 30.7. The van der Waals surface area contributed by atoms with E-state index in [0.29, 0.717) is 0 Å². The molecule has 0 rings (SSSR count). The lowest BCUT2D eigenvalue weighted by Gasteiger charge is -2.28. The Labute approximate surface area is 172 Å². The number of rotatable bonds is 19. The fourth-order valence-electron chi connectivity index (χ4n) is 3.53. The van der Waals surface area contributed by atoms with Gasteiger partial charge < -0.3 is 10.6 Å². The first-order valence-electron chi connectivity index (χ1n) is 11.1. The third-order valence-corrected chi connectivity index (χ3v) is 5.24. The highest BCUT2D eigenvalue weighted by molar-refractivity contribution is 5.85. The van der Waals surface area contributed by atoms with E-state index in [1.807, 2.05) is 6.08 Å². The van der Waals surface area contributed by atoms with Crippen molar-refractivity contribution in [3.8, 4) is 0 Å². The maximum Gasteiger partial charge on any atom is 0.0966 e. The molecule has 0 aliphatic rings. The summed E-state index contributed by atoms with van der Waals surface area (Å²) in [4.78, 5) is 0. The Hall–Kier alpha value is -0.0500. The number of hydrogen-bond acceptors (Lipinski definition) is 1. The van der Waals surface area contributed by atoms with E-state index in [2.05, 4.69) is 27.6 Å². The van der Waals surface area contributed by atoms with E-state index in [0.717, 1.165) is 11.0 Å². The highest BCUT2D eigenvalue weighted by Gasteiger charge is 2.10. The van der Waals surface area contributed by atoms with Gasteiger partial charge in [-0.25, -0.2) is 0 Å². The maximum absolute atomic E-state index is 3.85. The molecule has 0 unspecified atom stereocenters. The summed E-state index contributed by atoms with van der Waals surface area (Å²) in [7, 11) is 4.62. The van der Waals surface area contributed by atoms with Crippen LogP contribution in [0.2, 0.25) is 0 Å². The van der Waals surface area contributed by atoms with E-state index >= 15 is 0 Å². The number of quaternary nitrogens is 1. The minimum atomic E-state index is 0. The van der Waals surface area contributed by atoms with Crippen LogP contribution in [0.4, 0.5) is 0 Å². The first-order chi connectivity index (χ1) is 11.6. The van der Waals surface area contributed by atoms with Crippen LogP contribution in [0.1, 0.15) is 110 Å². The van der Waals surface area contributed by atoms with Gasteiger partial charge in [-0.3, -0.25) is 0 Å². The molecule has 0 aromatic carbocycles. The first-order valence-corrected chi connectivity index (χ1v) is 11.1. The van der Waals surface area contributed by atoms with Crippen LogP contribution in [0.5, 0.6) is 0 Å². The molecule has 0 aromatic heterocycles. The van der Waals surface area contributed by atoms with E-state index in [-0.39, 0.29) is 18.6 Å². The van der Waals surface area contributed by atoms with Crippen LogP contribution in [0.15, 0.2) is 12.7 Å². The Kier molecular flexibility index (Phi) is 27.1. The second-order valence-electron chi connectivity index (χ2n) is 8.43. The molecule has 2 nitrogen and oxygen atoms in total. The van der Waals surface area contributed by atoms with Crippen LogP contribution in [0.3, 0.4) is 0 Å². The van der Waals surface area contributed by atoms with Crippen molar-refractivity contribution in [3.05, 3.63) is 12.7 Å². The Morgan fingerprint density at radius 2 is 0.923 bits per heavy atom. The van der Waals surface area contributed by atoms with E-state index < -0.39 is 0 Å². The normalized spacial score (nSPS) is 10.9. The van der Waals surface area contributed by atoms with Crippen molar-refractivity contribution in [1.82, 2.24) is 6.15 Å². The van der Waals surface area contributed by atoms with Crippen molar-refractivity contribution in [2.75, 3.05) is 27.2 Å². The van der Waals surface area contributed by atoms with E-state index in [1.165, 1.54) is 109 Å². The summed E-state index contributed by atoms with van der Waals surface area (Å²) in [5.41, 5.74) is 0. The molecular formula is C23H52ClN2+. The number of likely N-dealkylation sites (N-methyl/N-ethyl adjacent to an activating group) is 1. The Balaban J connectivity index is -0.00000264. The van der Waals surface area contributed by atoms with Crippen LogP contribution in [0.25, 0.3) is 0 Å². The van der Waals surface area contributed by atoms with Crippen LogP contribution in [-0.4, -0.2) is 31.7 Å². The van der Waals surface area contributed by atoms with Gasteiger partial charge in [-0.2, -0.15) is 0 Å². The lowest BCUT2D eigenvalue weighted by molar-refractivity contribution is -0.884. The lowest BCUT2D eigenvalue weighted by atomic mass is 10.0. The predicted molar refractivity (Wildman–Crippen MR) is 124 cm³/mol. The van der Waals surface area contributed by atoms with Gasteiger partial charge in [0.05, 0.1) is 27.2 Å². The van der Waals surface area contributed by atoms with Gasteiger partial charge in [0, 0.05) is 0 Å². The smallest absolute Gasteiger partial charge is 0.0966 e. The molecule has 160 valence electrons. The minimum Gasteiger partial charge on any atom is -0.344 e. The van der Waals surface area contributed by atoms with Crippen molar-refractivity contribution in [3.63, 3.8) is 0 Å². The SMILES string of the molecule is C=CC[N+](C)(C)CCCCCCCCCCCCCCCCCC.Cl.N. The second-order valence-corrected chi connectivity index (χ2v) is 8.43. The number of hydrogen-bond donors (Lipinski definition) is 1. The topological polar surface area (TPSA) is 35.0 Å². The Morgan fingerprint density at radius 3 is 1.23 bits per heavy atom.